The molecule has 2 rings (SSSR count). The molecule has 2 saturated heterocycles. The topological polar surface area (TPSA) is 23.6 Å². The SMILES string of the molecule is CCC1(C)CCN(C(=O)N2CCC(C)CC2)CC1. The number of rotatable bonds is 1. The normalized spacial score (nSPS) is 25.3. The minimum absolute atomic E-state index is 0.292. The number of hydrogen-bond acceptors (Lipinski definition) is 1. The van der Waals surface area contributed by atoms with Gasteiger partial charge < -0.3 is 9.80 Å². The first-order chi connectivity index (χ1) is 8.54. The van der Waals surface area contributed by atoms with Crippen LogP contribution in [0.3, 0.4) is 0 Å². The van der Waals surface area contributed by atoms with Crippen LogP contribution in [0.2, 0.25) is 0 Å². The largest absolute Gasteiger partial charge is 0.325 e. The van der Waals surface area contributed by atoms with Crippen molar-refractivity contribution in [1.29, 1.82) is 0 Å². The Bertz CT molecular complexity index is 287. The minimum atomic E-state index is 0.292. The molecule has 104 valence electrons. The maximum atomic E-state index is 12.4. The average molecular weight is 252 g/mol. The molecule has 0 unspecified atom stereocenters. The lowest BCUT2D eigenvalue weighted by Gasteiger charge is -2.42. The number of urea groups is 1. The van der Waals surface area contributed by atoms with Crippen molar-refractivity contribution in [2.75, 3.05) is 26.2 Å². The van der Waals surface area contributed by atoms with E-state index >= 15 is 0 Å². The quantitative estimate of drug-likeness (QED) is 0.702. The van der Waals surface area contributed by atoms with Gasteiger partial charge in [-0.1, -0.05) is 27.2 Å². The fourth-order valence-corrected chi connectivity index (χ4v) is 2.99. The van der Waals surface area contributed by atoms with Crippen LogP contribution in [0.25, 0.3) is 0 Å². The Morgan fingerprint density at radius 3 is 2.11 bits per heavy atom. The molecule has 2 aliphatic heterocycles. The number of carbonyl (C=O) groups is 1. The standard InChI is InChI=1S/C15H28N2O/c1-4-15(3)7-11-17(12-8-15)14(18)16-9-5-13(2)6-10-16/h13H,4-12H2,1-3H3. The summed E-state index contributed by atoms with van der Waals surface area (Å²) < 4.78 is 0. The van der Waals surface area contributed by atoms with Gasteiger partial charge in [0.2, 0.25) is 0 Å². The van der Waals surface area contributed by atoms with Gasteiger partial charge in [-0.3, -0.25) is 0 Å². The lowest BCUT2D eigenvalue weighted by atomic mass is 9.78. The highest BCUT2D eigenvalue weighted by atomic mass is 16.2. The molecule has 0 bridgehead atoms. The van der Waals surface area contributed by atoms with Gasteiger partial charge in [0.25, 0.3) is 0 Å². The number of carbonyl (C=O) groups excluding carboxylic acids is 1. The van der Waals surface area contributed by atoms with Crippen molar-refractivity contribution in [3.8, 4) is 0 Å². The summed E-state index contributed by atoms with van der Waals surface area (Å²) >= 11 is 0. The maximum Gasteiger partial charge on any atom is 0.319 e. The molecule has 0 saturated carbocycles. The van der Waals surface area contributed by atoms with Crippen molar-refractivity contribution < 1.29 is 4.79 Å². The molecule has 3 heteroatoms. The van der Waals surface area contributed by atoms with E-state index in [0.717, 1.165) is 32.1 Å². The molecule has 0 aromatic carbocycles. The molecular weight excluding hydrogens is 224 g/mol. The van der Waals surface area contributed by atoms with Gasteiger partial charge in [0.05, 0.1) is 0 Å². The van der Waals surface area contributed by atoms with Crippen LogP contribution < -0.4 is 0 Å². The predicted octanol–water partition coefficient (Wildman–Crippen LogP) is 3.35. The van der Waals surface area contributed by atoms with Crippen molar-refractivity contribution in [1.82, 2.24) is 9.80 Å². The Kier molecular flexibility index (Phi) is 4.18. The first-order valence-corrected chi connectivity index (χ1v) is 7.58. The molecule has 0 spiro atoms. The molecule has 0 N–H and O–H groups in total. The molecule has 2 fully saturated rings. The van der Waals surface area contributed by atoms with Crippen LogP contribution in [0.5, 0.6) is 0 Å². The first kappa shape index (κ1) is 13.7. The molecule has 2 heterocycles. The summed E-state index contributed by atoms with van der Waals surface area (Å²) in [4.78, 5) is 16.6. The molecule has 0 aromatic heterocycles. The van der Waals surface area contributed by atoms with Crippen molar-refractivity contribution in [3.05, 3.63) is 0 Å². The van der Waals surface area contributed by atoms with Gasteiger partial charge in [-0.05, 0) is 37.0 Å². The number of nitrogens with zero attached hydrogens (tertiary/aromatic N) is 2. The second kappa shape index (κ2) is 5.50. The van der Waals surface area contributed by atoms with Crippen LogP contribution in [0.15, 0.2) is 0 Å². The van der Waals surface area contributed by atoms with Crippen LogP contribution in [-0.4, -0.2) is 42.0 Å². The molecule has 0 radical (unpaired) electrons. The van der Waals surface area contributed by atoms with E-state index < -0.39 is 0 Å². The van der Waals surface area contributed by atoms with Gasteiger partial charge in [-0.25, -0.2) is 4.79 Å². The summed E-state index contributed by atoms with van der Waals surface area (Å²) in [5.41, 5.74) is 0.465. The zero-order valence-electron chi connectivity index (χ0n) is 12.2. The maximum absolute atomic E-state index is 12.4. The van der Waals surface area contributed by atoms with E-state index in [9.17, 15) is 4.79 Å². The second-order valence-electron chi connectivity index (χ2n) is 6.60. The fraction of sp³-hybridized carbons (Fsp3) is 0.933. The van der Waals surface area contributed by atoms with Gasteiger partial charge in [-0.15, -0.1) is 0 Å². The number of piperidine rings is 2. The Balaban J connectivity index is 1.84. The van der Waals surface area contributed by atoms with Gasteiger partial charge >= 0.3 is 6.03 Å². The zero-order valence-corrected chi connectivity index (χ0v) is 12.2. The summed E-state index contributed by atoms with van der Waals surface area (Å²) in [5.74, 6) is 0.791. The van der Waals surface area contributed by atoms with Crippen molar-refractivity contribution in [2.24, 2.45) is 11.3 Å². The third-order valence-corrected chi connectivity index (χ3v) is 5.15. The lowest BCUT2D eigenvalue weighted by Crippen LogP contribution is -2.50. The number of likely N-dealkylation sites (tertiary alicyclic amines) is 2. The number of amides is 2. The van der Waals surface area contributed by atoms with E-state index in [1.54, 1.807) is 0 Å². The molecule has 0 atom stereocenters. The Hall–Kier alpha value is -0.730. The van der Waals surface area contributed by atoms with Crippen molar-refractivity contribution >= 4 is 6.03 Å². The van der Waals surface area contributed by atoms with E-state index in [1.807, 2.05) is 0 Å². The molecule has 2 amide bonds. The predicted molar refractivity (Wildman–Crippen MR) is 74.6 cm³/mol. The molecule has 0 aliphatic carbocycles. The summed E-state index contributed by atoms with van der Waals surface area (Å²) in [6, 6.07) is 0.292. The van der Waals surface area contributed by atoms with Crippen LogP contribution in [0.4, 0.5) is 4.79 Å². The van der Waals surface area contributed by atoms with Gasteiger partial charge in [0.1, 0.15) is 0 Å². The summed E-state index contributed by atoms with van der Waals surface area (Å²) in [5, 5.41) is 0. The molecule has 18 heavy (non-hydrogen) atoms. The minimum Gasteiger partial charge on any atom is -0.325 e. The van der Waals surface area contributed by atoms with Gasteiger partial charge in [0, 0.05) is 26.2 Å². The lowest BCUT2D eigenvalue weighted by molar-refractivity contribution is 0.0936. The summed E-state index contributed by atoms with van der Waals surface area (Å²) in [6.07, 6.45) is 5.91. The van der Waals surface area contributed by atoms with Crippen LogP contribution in [-0.2, 0) is 0 Å². The summed E-state index contributed by atoms with van der Waals surface area (Å²) in [7, 11) is 0. The Morgan fingerprint density at radius 2 is 1.61 bits per heavy atom. The highest BCUT2D eigenvalue weighted by Crippen LogP contribution is 2.34. The van der Waals surface area contributed by atoms with E-state index in [0.29, 0.717) is 11.4 Å². The second-order valence-corrected chi connectivity index (χ2v) is 6.60. The molecule has 2 aliphatic rings. The first-order valence-electron chi connectivity index (χ1n) is 7.58. The monoisotopic (exact) mass is 252 g/mol. The third-order valence-electron chi connectivity index (χ3n) is 5.15. The van der Waals surface area contributed by atoms with Crippen molar-refractivity contribution in [2.45, 2.75) is 52.9 Å². The molecular formula is C15H28N2O. The van der Waals surface area contributed by atoms with Gasteiger partial charge in [0.15, 0.2) is 0 Å². The van der Waals surface area contributed by atoms with Crippen molar-refractivity contribution in [3.63, 3.8) is 0 Å². The Morgan fingerprint density at radius 1 is 1.11 bits per heavy atom. The third kappa shape index (κ3) is 2.99. The fourth-order valence-electron chi connectivity index (χ4n) is 2.99. The van der Waals surface area contributed by atoms with Gasteiger partial charge in [-0.2, -0.15) is 0 Å². The Labute approximate surface area is 112 Å². The number of hydrogen-bond donors (Lipinski definition) is 0. The van der Waals surface area contributed by atoms with E-state index in [2.05, 4.69) is 30.6 Å². The average Bonchev–Trinajstić information content (AvgIpc) is 2.40. The molecule has 0 aromatic rings. The molecule has 3 nitrogen and oxygen atoms in total. The van der Waals surface area contributed by atoms with E-state index in [1.165, 1.54) is 32.1 Å². The zero-order chi connectivity index (χ0) is 13.2. The van der Waals surface area contributed by atoms with Crippen LogP contribution in [0.1, 0.15) is 52.9 Å². The smallest absolute Gasteiger partial charge is 0.319 e. The van der Waals surface area contributed by atoms with E-state index in [4.69, 9.17) is 0 Å². The summed E-state index contributed by atoms with van der Waals surface area (Å²) in [6.45, 7) is 10.7. The van der Waals surface area contributed by atoms with Crippen LogP contribution >= 0.6 is 0 Å². The highest BCUT2D eigenvalue weighted by molar-refractivity contribution is 5.74. The highest BCUT2D eigenvalue weighted by Gasteiger charge is 2.32. The van der Waals surface area contributed by atoms with Crippen LogP contribution in [0, 0.1) is 11.3 Å². The van der Waals surface area contributed by atoms with E-state index in [-0.39, 0.29) is 0 Å².